The summed E-state index contributed by atoms with van der Waals surface area (Å²) >= 11 is 6.49. The molecule has 10 heteroatoms. The minimum absolute atomic E-state index is 0.0790. The van der Waals surface area contributed by atoms with Crippen LogP contribution in [0.4, 0.5) is 0 Å². The second-order valence-electron chi connectivity index (χ2n) is 6.04. The van der Waals surface area contributed by atoms with E-state index in [1.165, 1.54) is 19.1 Å². The Kier molecular flexibility index (Phi) is 5.50. The summed E-state index contributed by atoms with van der Waals surface area (Å²) in [5, 5.41) is 39.7. The number of phenolic OH excluding ortho intramolecular Hbond substituents is 4. The zero-order chi connectivity index (χ0) is 21.6. The number of esters is 1. The summed E-state index contributed by atoms with van der Waals surface area (Å²) in [7, 11) is 0. The highest BCUT2D eigenvalue weighted by Crippen LogP contribution is 2.51. The normalized spacial score (nSPS) is 11.0. The van der Waals surface area contributed by atoms with Crippen molar-refractivity contribution in [2.24, 2.45) is 0 Å². The van der Waals surface area contributed by atoms with Gasteiger partial charge in [0.15, 0.2) is 22.9 Å². The third-order valence-electron chi connectivity index (χ3n) is 4.16. The molecule has 4 N–H and O–H groups in total. The number of hydrogen-bond donors (Lipinski definition) is 4. The summed E-state index contributed by atoms with van der Waals surface area (Å²) in [5.74, 6) is -4.33. The van der Waals surface area contributed by atoms with Gasteiger partial charge in [0.1, 0.15) is 5.76 Å². The quantitative estimate of drug-likeness (QED) is 0.127. The molecule has 0 aliphatic carbocycles. The zero-order valence-electron chi connectivity index (χ0n) is 15.0. The fourth-order valence-electron chi connectivity index (χ4n) is 2.89. The number of hydrogen-bond acceptors (Lipinski definition) is 8. The van der Waals surface area contributed by atoms with E-state index in [2.05, 4.69) is 31.9 Å². The van der Waals surface area contributed by atoms with Crippen LogP contribution in [0.2, 0.25) is 0 Å². The van der Waals surface area contributed by atoms with Gasteiger partial charge in [-0.05, 0) is 44.0 Å². The first-order valence-electron chi connectivity index (χ1n) is 8.21. The maximum absolute atomic E-state index is 13.3. The average Bonchev–Trinajstić information content (AvgIpc) is 3.06. The third-order valence-corrected chi connectivity index (χ3v) is 5.34. The Morgan fingerprint density at radius 3 is 2.07 bits per heavy atom. The van der Waals surface area contributed by atoms with E-state index in [0.717, 1.165) is 0 Å². The second-order valence-corrected chi connectivity index (χ2v) is 7.75. The molecule has 3 rings (SSSR count). The molecule has 29 heavy (non-hydrogen) atoms. The number of aromatic hydroxyl groups is 4. The Balaban J connectivity index is 2.26. The van der Waals surface area contributed by atoms with Gasteiger partial charge >= 0.3 is 5.97 Å². The first kappa shape index (κ1) is 21.0. The lowest BCUT2D eigenvalue weighted by Gasteiger charge is -2.10. The summed E-state index contributed by atoms with van der Waals surface area (Å²) in [4.78, 5) is 24.5. The summed E-state index contributed by atoms with van der Waals surface area (Å²) in [6.07, 6.45) is 0.226. The van der Waals surface area contributed by atoms with E-state index in [9.17, 15) is 30.0 Å². The molecule has 0 spiro atoms. The summed E-state index contributed by atoms with van der Waals surface area (Å²) < 4.78 is 11.2. The SMILES string of the molecule is CCc1oc2c(O)c(O)c(O)c(O)c2c1C(=O)c1cc(Br)c(OC(C)=O)c(Br)c1. The van der Waals surface area contributed by atoms with E-state index in [0.29, 0.717) is 8.95 Å². The van der Waals surface area contributed by atoms with Crippen LogP contribution in [0, 0.1) is 0 Å². The van der Waals surface area contributed by atoms with Gasteiger partial charge in [0.2, 0.25) is 17.2 Å². The Bertz CT molecular complexity index is 1160. The first-order chi connectivity index (χ1) is 13.6. The minimum Gasteiger partial charge on any atom is -0.504 e. The van der Waals surface area contributed by atoms with Crippen molar-refractivity contribution in [3.63, 3.8) is 0 Å². The van der Waals surface area contributed by atoms with Crippen LogP contribution in [-0.4, -0.2) is 32.2 Å². The van der Waals surface area contributed by atoms with Crippen LogP contribution in [0.25, 0.3) is 11.0 Å². The van der Waals surface area contributed by atoms with E-state index < -0.39 is 34.8 Å². The Hall–Kier alpha value is -2.72. The van der Waals surface area contributed by atoms with Gasteiger partial charge in [-0.2, -0.15) is 0 Å². The lowest BCUT2D eigenvalue weighted by atomic mass is 9.98. The van der Waals surface area contributed by atoms with Gasteiger partial charge in [-0.3, -0.25) is 9.59 Å². The van der Waals surface area contributed by atoms with E-state index in [1.54, 1.807) is 6.92 Å². The zero-order valence-corrected chi connectivity index (χ0v) is 18.2. The molecule has 0 aliphatic rings. The molecule has 0 bridgehead atoms. The molecule has 3 aromatic rings. The molecule has 0 atom stereocenters. The van der Waals surface area contributed by atoms with E-state index >= 15 is 0 Å². The van der Waals surface area contributed by atoms with Crippen LogP contribution in [0.15, 0.2) is 25.5 Å². The lowest BCUT2D eigenvalue weighted by molar-refractivity contribution is -0.131. The highest BCUT2D eigenvalue weighted by Gasteiger charge is 2.30. The largest absolute Gasteiger partial charge is 0.504 e. The van der Waals surface area contributed by atoms with E-state index in [4.69, 9.17) is 9.15 Å². The maximum atomic E-state index is 13.3. The molecule has 8 nitrogen and oxygen atoms in total. The van der Waals surface area contributed by atoms with Crippen molar-refractivity contribution >= 4 is 54.6 Å². The Morgan fingerprint density at radius 1 is 1.00 bits per heavy atom. The van der Waals surface area contributed by atoms with Gasteiger partial charge in [-0.25, -0.2) is 0 Å². The molecule has 0 amide bonds. The van der Waals surface area contributed by atoms with Crippen LogP contribution < -0.4 is 4.74 Å². The average molecular weight is 530 g/mol. The molecule has 1 heterocycles. The molecule has 0 unspecified atom stereocenters. The molecule has 1 aromatic heterocycles. The number of furan rings is 1. The molecule has 0 radical (unpaired) electrons. The van der Waals surface area contributed by atoms with Crippen molar-refractivity contribution in [1.29, 1.82) is 0 Å². The van der Waals surface area contributed by atoms with Crippen LogP contribution in [0.3, 0.4) is 0 Å². The predicted octanol–water partition coefficient (Wildman–Crippen LogP) is 4.50. The molecule has 0 aliphatic heterocycles. The van der Waals surface area contributed by atoms with Gasteiger partial charge in [0, 0.05) is 18.9 Å². The number of carbonyl (C=O) groups excluding carboxylic acids is 2. The number of ketones is 1. The molecule has 0 saturated heterocycles. The minimum atomic E-state index is -0.972. The van der Waals surface area contributed by atoms with Crippen molar-refractivity contribution in [3.05, 3.63) is 38.0 Å². The fraction of sp³-hybridized carbons (Fsp3) is 0.158. The van der Waals surface area contributed by atoms with Crippen LogP contribution >= 0.6 is 31.9 Å². The summed E-state index contributed by atoms with van der Waals surface area (Å²) in [6, 6.07) is 2.83. The number of ether oxygens (including phenoxy) is 1. The topological polar surface area (TPSA) is 137 Å². The monoisotopic (exact) mass is 528 g/mol. The highest BCUT2D eigenvalue weighted by atomic mass is 79.9. The van der Waals surface area contributed by atoms with Crippen LogP contribution in [0.1, 0.15) is 35.5 Å². The number of carbonyl (C=O) groups is 2. The maximum Gasteiger partial charge on any atom is 0.308 e. The predicted molar refractivity (Wildman–Crippen MR) is 109 cm³/mol. The van der Waals surface area contributed by atoms with Crippen molar-refractivity contribution in [3.8, 4) is 28.7 Å². The molecule has 0 fully saturated rings. The smallest absolute Gasteiger partial charge is 0.308 e. The number of benzene rings is 2. The van der Waals surface area contributed by atoms with Gasteiger partial charge in [0.25, 0.3) is 0 Å². The molecular formula is C19H14Br2O8. The molecule has 0 saturated carbocycles. The van der Waals surface area contributed by atoms with Crippen molar-refractivity contribution in [1.82, 2.24) is 0 Å². The van der Waals surface area contributed by atoms with Gasteiger partial charge in [0.05, 0.1) is 19.9 Å². The standard InChI is InChI=1S/C19H14Br2O8/c1-3-10-11(12-14(24)15(25)16(26)17(27)19(12)29-10)13(23)7-4-8(20)18(9(21)5-7)28-6(2)22/h4-5,24-27H,3H2,1-2H3. The summed E-state index contributed by atoms with van der Waals surface area (Å²) in [6.45, 7) is 2.93. The van der Waals surface area contributed by atoms with Crippen LogP contribution in [-0.2, 0) is 11.2 Å². The van der Waals surface area contributed by atoms with Gasteiger partial charge in [-0.15, -0.1) is 0 Å². The van der Waals surface area contributed by atoms with E-state index in [-0.39, 0.29) is 40.0 Å². The highest BCUT2D eigenvalue weighted by molar-refractivity contribution is 9.11. The summed E-state index contributed by atoms with van der Waals surface area (Å²) in [5.41, 5.74) is -0.263. The second kappa shape index (κ2) is 7.60. The molecule has 152 valence electrons. The number of halogens is 2. The van der Waals surface area contributed by atoms with E-state index in [1.807, 2.05) is 0 Å². The van der Waals surface area contributed by atoms with Crippen LogP contribution in [0.5, 0.6) is 28.7 Å². The molecular weight excluding hydrogens is 516 g/mol. The Morgan fingerprint density at radius 2 is 1.55 bits per heavy atom. The first-order valence-corrected chi connectivity index (χ1v) is 9.80. The molecule has 2 aromatic carbocycles. The Labute approximate surface area is 180 Å². The number of phenols is 4. The third kappa shape index (κ3) is 3.42. The number of fused-ring (bicyclic) bond motifs is 1. The van der Waals surface area contributed by atoms with Gasteiger partial charge < -0.3 is 29.6 Å². The van der Waals surface area contributed by atoms with Crippen molar-refractivity contribution < 1.29 is 39.2 Å². The fourth-order valence-corrected chi connectivity index (χ4v) is 4.24. The van der Waals surface area contributed by atoms with Gasteiger partial charge in [-0.1, -0.05) is 6.92 Å². The number of rotatable bonds is 4. The number of aryl methyl sites for hydroxylation is 1. The van der Waals surface area contributed by atoms with Crippen molar-refractivity contribution in [2.45, 2.75) is 20.3 Å². The lowest BCUT2D eigenvalue weighted by Crippen LogP contribution is -2.06. The van der Waals surface area contributed by atoms with Crippen molar-refractivity contribution in [2.75, 3.05) is 0 Å².